The van der Waals surface area contributed by atoms with Crippen molar-refractivity contribution in [1.82, 2.24) is 9.78 Å². The van der Waals surface area contributed by atoms with E-state index >= 15 is 0 Å². The van der Waals surface area contributed by atoms with E-state index in [-0.39, 0.29) is 6.61 Å². The summed E-state index contributed by atoms with van der Waals surface area (Å²) in [6, 6.07) is 0. The highest BCUT2D eigenvalue weighted by Crippen LogP contribution is 2.23. The molecule has 0 aliphatic heterocycles. The van der Waals surface area contributed by atoms with Crippen LogP contribution < -0.4 is 0 Å². The van der Waals surface area contributed by atoms with Gasteiger partial charge in [0.15, 0.2) is 0 Å². The van der Waals surface area contributed by atoms with Gasteiger partial charge in [-0.05, 0) is 22.4 Å². The van der Waals surface area contributed by atoms with Gasteiger partial charge in [0.25, 0.3) is 0 Å². The summed E-state index contributed by atoms with van der Waals surface area (Å²) in [4.78, 5) is 0. The van der Waals surface area contributed by atoms with Crippen LogP contribution in [-0.4, -0.2) is 28.6 Å². The summed E-state index contributed by atoms with van der Waals surface area (Å²) in [6.07, 6.45) is 2.06. The smallest absolute Gasteiger partial charge is 0.120 e. The first kappa shape index (κ1) is 11.7. The standard InChI is InChI=1S/C9H15BrN2O2/c1-3-4-12-9(7(10)5-11-12)8(13)6-14-2/h5,8,13H,3-4,6H2,1-2H3. The van der Waals surface area contributed by atoms with Gasteiger partial charge < -0.3 is 9.84 Å². The topological polar surface area (TPSA) is 47.3 Å². The molecular weight excluding hydrogens is 248 g/mol. The van der Waals surface area contributed by atoms with Crippen LogP contribution in [0.25, 0.3) is 0 Å². The number of methoxy groups -OCH3 is 1. The third kappa shape index (κ3) is 2.56. The Morgan fingerprint density at radius 2 is 2.43 bits per heavy atom. The third-order valence-corrected chi connectivity index (χ3v) is 2.52. The highest BCUT2D eigenvalue weighted by atomic mass is 79.9. The maximum atomic E-state index is 9.78. The second kappa shape index (κ2) is 5.48. The van der Waals surface area contributed by atoms with Crippen LogP contribution in [-0.2, 0) is 11.3 Å². The minimum absolute atomic E-state index is 0.286. The van der Waals surface area contributed by atoms with E-state index in [1.807, 2.05) is 0 Å². The molecule has 0 bridgehead atoms. The van der Waals surface area contributed by atoms with Gasteiger partial charge in [-0.25, -0.2) is 0 Å². The molecule has 1 rings (SSSR count). The van der Waals surface area contributed by atoms with E-state index < -0.39 is 6.10 Å². The quantitative estimate of drug-likeness (QED) is 0.880. The molecule has 1 heterocycles. The SMILES string of the molecule is CCCn1ncc(Br)c1C(O)COC. The van der Waals surface area contributed by atoms with Gasteiger partial charge >= 0.3 is 0 Å². The Bertz CT molecular complexity index is 288. The Labute approximate surface area is 92.0 Å². The van der Waals surface area contributed by atoms with E-state index in [0.29, 0.717) is 0 Å². The number of hydrogen-bond donors (Lipinski definition) is 1. The molecule has 0 aliphatic carbocycles. The molecule has 4 nitrogen and oxygen atoms in total. The van der Waals surface area contributed by atoms with E-state index in [1.165, 1.54) is 0 Å². The highest BCUT2D eigenvalue weighted by molar-refractivity contribution is 9.10. The third-order valence-electron chi connectivity index (χ3n) is 1.91. The summed E-state index contributed by atoms with van der Waals surface area (Å²) in [6.45, 7) is 3.16. The molecule has 0 fully saturated rings. The average Bonchev–Trinajstić information content (AvgIpc) is 2.48. The second-order valence-corrected chi connectivity index (χ2v) is 3.93. The number of aliphatic hydroxyl groups is 1. The van der Waals surface area contributed by atoms with E-state index in [0.717, 1.165) is 23.1 Å². The van der Waals surface area contributed by atoms with E-state index in [2.05, 4.69) is 28.0 Å². The first-order chi connectivity index (χ1) is 6.70. The predicted molar refractivity (Wildman–Crippen MR) is 57.1 cm³/mol. The fourth-order valence-corrected chi connectivity index (χ4v) is 1.89. The molecule has 80 valence electrons. The van der Waals surface area contributed by atoms with Gasteiger partial charge in [0.05, 0.1) is 23.0 Å². The fraction of sp³-hybridized carbons (Fsp3) is 0.667. The first-order valence-electron chi connectivity index (χ1n) is 4.58. The van der Waals surface area contributed by atoms with Crippen molar-refractivity contribution in [1.29, 1.82) is 0 Å². The fourth-order valence-electron chi connectivity index (χ4n) is 1.33. The largest absolute Gasteiger partial charge is 0.384 e. The molecule has 1 unspecified atom stereocenters. The van der Waals surface area contributed by atoms with Gasteiger partial charge in [-0.3, -0.25) is 4.68 Å². The van der Waals surface area contributed by atoms with E-state index in [4.69, 9.17) is 4.74 Å². The number of ether oxygens (including phenoxy) is 1. The molecule has 14 heavy (non-hydrogen) atoms. The van der Waals surface area contributed by atoms with Crippen LogP contribution in [0.5, 0.6) is 0 Å². The molecule has 5 heteroatoms. The number of aliphatic hydroxyl groups excluding tert-OH is 1. The van der Waals surface area contributed by atoms with Crippen molar-refractivity contribution in [3.8, 4) is 0 Å². The van der Waals surface area contributed by atoms with Crippen molar-refractivity contribution < 1.29 is 9.84 Å². The lowest BCUT2D eigenvalue weighted by Gasteiger charge is -2.12. The van der Waals surface area contributed by atoms with Gasteiger partial charge in [0.1, 0.15) is 6.10 Å². The molecule has 0 saturated carbocycles. The summed E-state index contributed by atoms with van der Waals surface area (Å²) in [7, 11) is 1.57. The lowest BCUT2D eigenvalue weighted by atomic mass is 10.2. The molecular formula is C9H15BrN2O2. The van der Waals surface area contributed by atoms with Gasteiger partial charge in [0, 0.05) is 13.7 Å². The zero-order valence-electron chi connectivity index (χ0n) is 8.40. The number of halogens is 1. The number of aryl methyl sites for hydroxylation is 1. The summed E-state index contributed by atoms with van der Waals surface area (Å²) in [5, 5.41) is 13.9. The van der Waals surface area contributed by atoms with Crippen LogP contribution in [0.2, 0.25) is 0 Å². The van der Waals surface area contributed by atoms with Crippen LogP contribution >= 0.6 is 15.9 Å². The van der Waals surface area contributed by atoms with Crippen LogP contribution in [0, 0.1) is 0 Å². The second-order valence-electron chi connectivity index (χ2n) is 3.07. The van der Waals surface area contributed by atoms with Gasteiger partial charge in [0.2, 0.25) is 0 Å². The summed E-state index contributed by atoms with van der Waals surface area (Å²) in [5.41, 5.74) is 0.786. The first-order valence-corrected chi connectivity index (χ1v) is 5.38. The average molecular weight is 263 g/mol. The van der Waals surface area contributed by atoms with Crippen molar-refractivity contribution >= 4 is 15.9 Å². The minimum Gasteiger partial charge on any atom is -0.384 e. The van der Waals surface area contributed by atoms with Gasteiger partial charge in [-0.15, -0.1) is 0 Å². The van der Waals surface area contributed by atoms with Crippen molar-refractivity contribution in [2.75, 3.05) is 13.7 Å². The highest BCUT2D eigenvalue weighted by Gasteiger charge is 2.16. The van der Waals surface area contributed by atoms with Crippen molar-refractivity contribution in [2.45, 2.75) is 26.0 Å². The Kier molecular flexibility index (Phi) is 4.57. The predicted octanol–water partition coefficient (Wildman–Crippen LogP) is 1.74. The van der Waals surface area contributed by atoms with Crippen LogP contribution in [0.4, 0.5) is 0 Å². The van der Waals surface area contributed by atoms with E-state index in [9.17, 15) is 5.11 Å². The molecule has 0 spiro atoms. The zero-order valence-corrected chi connectivity index (χ0v) is 9.99. The zero-order chi connectivity index (χ0) is 10.6. The lowest BCUT2D eigenvalue weighted by molar-refractivity contribution is 0.0580. The van der Waals surface area contributed by atoms with E-state index in [1.54, 1.807) is 18.0 Å². The van der Waals surface area contributed by atoms with Gasteiger partial charge in [-0.2, -0.15) is 5.10 Å². The number of hydrogen-bond acceptors (Lipinski definition) is 3. The molecule has 1 aromatic heterocycles. The number of nitrogens with zero attached hydrogens (tertiary/aromatic N) is 2. The molecule has 1 N–H and O–H groups in total. The summed E-state index contributed by atoms with van der Waals surface area (Å²) >= 11 is 3.36. The van der Waals surface area contributed by atoms with Crippen LogP contribution in [0.3, 0.4) is 0 Å². The maximum absolute atomic E-state index is 9.78. The summed E-state index contributed by atoms with van der Waals surface area (Å²) in [5.74, 6) is 0. The molecule has 0 amide bonds. The number of aromatic nitrogens is 2. The Hall–Kier alpha value is -0.390. The van der Waals surface area contributed by atoms with Gasteiger partial charge in [-0.1, -0.05) is 6.92 Å². The number of rotatable bonds is 5. The lowest BCUT2D eigenvalue weighted by Crippen LogP contribution is -2.13. The van der Waals surface area contributed by atoms with Crippen molar-refractivity contribution in [2.24, 2.45) is 0 Å². The van der Waals surface area contributed by atoms with Crippen molar-refractivity contribution in [3.63, 3.8) is 0 Å². The maximum Gasteiger partial charge on any atom is 0.120 e. The normalized spacial score (nSPS) is 13.1. The van der Waals surface area contributed by atoms with Crippen molar-refractivity contribution in [3.05, 3.63) is 16.4 Å². The molecule has 1 aromatic rings. The Morgan fingerprint density at radius 1 is 1.71 bits per heavy atom. The molecule has 0 saturated heterocycles. The molecule has 0 aromatic carbocycles. The van der Waals surface area contributed by atoms with Crippen LogP contribution in [0.15, 0.2) is 10.7 Å². The summed E-state index contributed by atoms with van der Waals surface area (Å²) < 4.78 is 7.53. The molecule has 1 atom stereocenters. The Morgan fingerprint density at radius 3 is 3.00 bits per heavy atom. The molecule has 0 aliphatic rings. The Balaban J connectivity index is 2.86. The monoisotopic (exact) mass is 262 g/mol. The minimum atomic E-state index is -0.622. The molecule has 0 radical (unpaired) electrons. The van der Waals surface area contributed by atoms with Crippen LogP contribution in [0.1, 0.15) is 25.1 Å².